The van der Waals surface area contributed by atoms with Gasteiger partial charge in [0.1, 0.15) is 5.75 Å². The van der Waals surface area contributed by atoms with Crippen molar-refractivity contribution in [1.82, 2.24) is 10.2 Å². The summed E-state index contributed by atoms with van der Waals surface area (Å²) in [4.78, 5) is 15.9. The average molecular weight is 375 g/mol. The number of nitrogens with zero attached hydrogens (tertiary/aromatic N) is 1. The zero-order valence-electron chi connectivity index (χ0n) is 15.1. The summed E-state index contributed by atoms with van der Waals surface area (Å²) in [6.07, 6.45) is 1.33. The van der Waals surface area contributed by atoms with Gasteiger partial charge in [0.15, 0.2) is 0 Å². The number of carbonyl (C=O) groups is 1. The Morgan fingerprint density at radius 3 is 2.69 bits per heavy atom. The second-order valence-corrected chi connectivity index (χ2v) is 7.35. The standard InChI is InChI=1S/C20H26N2O3S/c1-24-17-6-4-16(5-7-17)19(22-10-12-25-13-11-22)15-21-20(23)9-8-18-3-2-14-26-18/h2-7,14,19H,8-13,15H2,1H3,(H,21,23)/t19-/m0/s1. The number of benzene rings is 1. The molecule has 1 atom stereocenters. The fraction of sp³-hybridized carbons (Fsp3) is 0.450. The van der Waals surface area contributed by atoms with Crippen LogP contribution >= 0.6 is 11.3 Å². The number of hydrogen-bond donors (Lipinski definition) is 1. The van der Waals surface area contributed by atoms with Crippen molar-refractivity contribution in [3.63, 3.8) is 0 Å². The molecule has 1 amide bonds. The maximum absolute atomic E-state index is 12.3. The topological polar surface area (TPSA) is 50.8 Å². The Kier molecular flexibility index (Phi) is 7.05. The van der Waals surface area contributed by atoms with Gasteiger partial charge in [-0.05, 0) is 35.6 Å². The van der Waals surface area contributed by atoms with E-state index in [9.17, 15) is 4.79 Å². The first-order valence-electron chi connectivity index (χ1n) is 9.01. The molecule has 1 saturated heterocycles. The van der Waals surface area contributed by atoms with Gasteiger partial charge in [0.2, 0.25) is 5.91 Å². The Balaban J connectivity index is 1.59. The van der Waals surface area contributed by atoms with Crippen LogP contribution in [0.4, 0.5) is 0 Å². The van der Waals surface area contributed by atoms with E-state index in [1.165, 1.54) is 10.4 Å². The Labute approximate surface area is 158 Å². The molecule has 5 nitrogen and oxygen atoms in total. The van der Waals surface area contributed by atoms with Crippen molar-refractivity contribution >= 4 is 17.2 Å². The van der Waals surface area contributed by atoms with Crippen LogP contribution in [-0.4, -0.2) is 50.8 Å². The van der Waals surface area contributed by atoms with Crippen LogP contribution in [0.2, 0.25) is 0 Å². The molecule has 0 bridgehead atoms. The van der Waals surface area contributed by atoms with E-state index in [4.69, 9.17) is 9.47 Å². The second-order valence-electron chi connectivity index (χ2n) is 6.32. The number of nitrogens with one attached hydrogen (secondary N) is 1. The van der Waals surface area contributed by atoms with Crippen LogP contribution in [0.1, 0.15) is 22.9 Å². The number of hydrogen-bond acceptors (Lipinski definition) is 5. The highest BCUT2D eigenvalue weighted by Crippen LogP contribution is 2.23. The van der Waals surface area contributed by atoms with Crippen molar-refractivity contribution < 1.29 is 14.3 Å². The fourth-order valence-electron chi connectivity index (χ4n) is 3.16. The molecule has 3 rings (SSSR count). The molecule has 1 aromatic heterocycles. The largest absolute Gasteiger partial charge is 0.497 e. The molecule has 6 heteroatoms. The summed E-state index contributed by atoms with van der Waals surface area (Å²) < 4.78 is 10.7. The van der Waals surface area contributed by atoms with Crippen molar-refractivity contribution in [1.29, 1.82) is 0 Å². The van der Waals surface area contributed by atoms with Crippen molar-refractivity contribution in [3.05, 3.63) is 52.2 Å². The molecule has 140 valence electrons. The van der Waals surface area contributed by atoms with Gasteiger partial charge >= 0.3 is 0 Å². The Hall–Kier alpha value is -1.89. The van der Waals surface area contributed by atoms with Crippen molar-refractivity contribution in [2.45, 2.75) is 18.9 Å². The van der Waals surface area contributed by atoms with Gasteiger partial charge < -0.3 is 14.8 Å². The van der Waals surface area contributed by atoms with Crippen LogP contribution < -0.4 is 10.1 Å². The smallest absolute Gasteiger partial charge is 0.220 e. The van der Waals surface area contributed by atoms with E-state index in [-0.39, 0.29) is 11.9 Å². The zero-order chi connectivity index (χ0) is 18.2. The lowest BCUT2D eigenvalue weighted by molar-refractivity contribution is -0.121. The summed E-state index contributed by atoms with van der Waals surface area (Å²) in [5.41, 5.74) is 1.19. The molecule has 0 radical (unpaired) electrons. The number of morpholine rings is 1. The molecule has 0 saturated carbocycles. The summed E-state index contributed by atoms with van der Waals surface area (Å²) in [7, 11) is 1.67. The van der Waals surface area contributed by atoms with Crippen LogP contribution in [0, 0.1) is 0 Å². The SMILES string of the molecule is COc1ccc([C@H](CNC(=O)CCc2cccs2)N2CCOCC2)cc1. The maximum atomic E-state index is 12.3. The third-order valence-electron chi connectivity index (χ3n) is 4.66. The maximum Gasteiger partial charge on any atom is 0.220 e. The van der Waals surface area contributed by atoms with Crippen LogP contribution in [0.25, 0.3) is 0 Å². The number of rotatable bonds is 8. The lowest BCUT2D eigenvalue weighted by atomic mass is 10.0. The van der Waals surface area contributed by atoms with E-state index in [0.29, 0.717) is 13.0 Å². The highest BCUT2D eigenvalue weighted by molar-refractivity contribution is 7.09. The average Bonchev–Trinajstić information content (AvgIpc) is 3.21. The summed E-state index contributed by atoms with van der Waals surface area (Å²) in [5, 5.41) is 5.17. The van der Waals surface area contributed by atoms with E-state index in [2.05, 4.69) is 28.4 Å². The van der Waals surface area contributed by atoms with Gasteiger partial charge in [-0.25, -0.2) is 0 Å². The van der Waals surface area contributed by atoms with Crippen LogP contribution in [0.5, 0.6) is 5.75 Å². The molecule has 1 aromatic carbocycles. The monoisotopic (exact) mass is 374 g/mol. The molecule has 26 heavy (non-hydrogen) atoms. The number of methoxy groups -OCH3 is 1. The molecule has 0 aliphatic carbocycles. The predicted molar refractivity (Wildman–Crippen MR) is 104 cm³/mol. The molecular weight excluding hydrogens is 348 g/mol. The number of carbonyl (C=O) groups excluding carboxylic acids is 1. The molecule has 0 unspecified atom stereocenters. The molecule has 1 aliphatic heterocycles. The number of ether oxygens (including phenoxy) is 2. The number of amides is 1. The summed E-state index contributed by atoms with van der Waals surface area (Å²) in [6.45, 7) is 3.83. The first-order valence-corrected chi connectivity index (χ1v) is 9.89. The normalized spacial score (nSPS) is 16.2. The quantitative estimate of drug-likeness (QED) is 0.772. The Morgan fingerprint density at radius 2 is 2.04 bits per heavy atom. The summed E-state index contributed by atoms with van der Waals surface area (Å²) >= 11 is 1.70. The zero-order valence-corrected chi connectivity index (χ0v) is 16.0. The highest BCUT2D eigenvalue weighted by Gasteiger charge is 2.23. The van der Waals surface area contributed by atoms with E-state index in [1.54, 1.807) is 18.4 Å². The molecular formula is C20H26N2O3S. The minimum absolute atomic E-state index is 0.102. The lowest BCUT2D eigenvalue weighted by Gasteiger charge is -2.35. The van der Waals surface area contributed by atoms with Crippen LogP contribution in [0.15, 0.2) is 41.8 Å². The molecule has 1 N–H and O–H groups in total. The van der Waals surface area contributed by atoms with Gasteiger partial charge in [0.05, 0.1) is 26.4 Å². The fourth-order valence-corrected chi connectivity index (χ4v) is 3.87. The third-order valence-corrected chi connectivity index (χ3v) is 5.59. The second kappa shape index (κ2) is 9.71. The van der Waals surface area contributed by atoms with Crippen molar-refractivity contribution in [3.8, 4) is 5.75 Å². The molecule has 1 fully saturated rings. The minimum atomic E-state index is 0.102. The number of thiophene rings is 1. The minimum Gasteiger partial charge on any atom is -0.497 e. The third kappa shape index (κ3) is 5.30. The van der Waals surface area contributed by atoms with Crippen LogP contribution in [0.3, 0.4) is 0 Å². The Bertz CT molecular complexity index is 667. The first kappa shape index (κ1) is 18.9. The van der Waals surface area contributed by atoms with Gasteiger partial charge in [-0.3, -0.25) is 9.69 Å². The van der Waals surface area contributed by atoms with Gasteiger partial charge in [0, 0.05) is 30.9 Å². The lowest BCUT2D eigenvalue weighted by Crippen LogP contribution is -2.43. The van der Waals surface area contributed by atoms with Gasteiger partial charge in [-0.2, -0.15) is 0 Å². The molecule has 2 aromatic rings. The van der Waals surface area contributed by atoms with Gasteiger partial charge in [0.25, 0.3) is 0 Å². The first-order chi connectivity index (χ1) is 12.8. The molecule has 0 spiro atoms. The van der Waals surface area contributed by atoms with Crippen molar-refractivity contribution in [2.75, 3.05) is 40.0 Å². The number of aryl methyl sites for hydroxylation is 1. The van der Waals surface area contributed by atoms with Gasteiger partial charge in [-0.1, -0.05) is 18.2 Å². The van der Waals surface area contributed by atoms with E-state index < -0.39 is 0 Å². The van der Waals surface area contributed by atoms with Crippen LogP contribution in [-0.2, 0) is 16.0 Å². The molecule has 2 heterocycles. The van der Waals surface area contributed by atoms with E-state index in [1.807, 2.05) is 23.6 Å². The summed E-state index contributed by atoms with van der Waals surface area (Å²) in [5.74, 6) is 0.944. The highest BCUT2D eigenvalue weighted by atomic mass is 32.1. The van der Waals surface area contributed by atoms with E-state index >= 15 is 0 Å². The van der Waals surface area contributed by atoms with E-state index in [0.717, 1.165) is 38.5 Å². The molecule has 1 aliphatic rings. The van der Waals surface area contributed by atoms with Crippen molar-refractivity contribution in [2.24, 2.45) is 0 Å². The Morgan fingerprint density at radius 1 is 1.27 bits per heavy atom. The van der Waals surface area contributed by atoms with Gasteiger partial charge in [-0.15, -0.1) is 11.3 Å². The summed E-state index contributed by atoms with van der Waals surface area (Å²) in [6, 6.07) is 12.4. The predicted octanol–water partition coefficient (Wildman–Crippen LogP) is 2.88.